The predicted molar refractivity (Wildman–Crippen MR) is 96.3 cm³/mol. The molecule has 0 radical (unpaired) electrons. The molecular weight excluding hydrogens is 351 g/mol. The molecule has 1 aliphatic rings. The maximum absolute atomic E-state index is 13.7. The number of halogens is 1. The van der Waals surface area contributed by atoms with Crippen LogP contribution in [0.5, 0.6) is 5.75 Å². The number of aryl methyl sites for hydroxylation is 1. The van der Waals surface area contributed by atoms with Gasteiger partial charge in [0.2, 0.25) is 5.65 Å². The maximum atomic E-state index is 13.7. The number of carbonyl (C=O) groups excluding carboxylic acids is 1. The molecule has 1 aliphatic heterocycles. The zero-order chi connectivity index (χ0) is 19.0. The van der Waals surface area contributed by atoms with E-state index in [1.807, 2.05) is 13.0 Å². The first-order chi connectivity index (χ1) is 13.1. The van der Waals surface area contributed by atoms with Crippen LogP contribution in [-0.4, -0.2) is 39.3 Å². The summed E-state index contributed by atoms with van der Waals surface area (Å²) in [5.41, 5.74) is 2.11. The van der Waals surface area contributed by atoms with Crippen LogP contribution < -0.4 is 15.0 Å². The van der Waals surface area contributed by atoms with Crippen molar-refractivity contribution in [2.45, 2.75) is 25.8 Å². The van der Waals surface area contributed by atoms with Crippen molar-refractivity contribution >= 4 is 17.6 Å². The molecule has 0 bridgehead atoms. The standard InChI is InChI=1S/C18H19FN6O2/c1-11-13(8-12(19)9-21-11)14-4-3-6-24(14)16-5-7-25-17(23-16)15(10-22-25)27-18(26)20-2/h5,7-10,14H,3-4,6H2,1-2H3,(H,20,26)/t14-/m1/s1. The fraction of sp³-hybridized carbons (Fsp3) is 0.333. The van der Waals surface area contributed by atoms with E-state index >= 15 is 0 Å². The van der Waals surface area contributed by atoms with E-state index in [1.54, 1.807) is 16.8 Å². The monoisotopic (exact) mass is 370 g/mol. The summed E-state index contributed by atoms with van der Waals surface area (Å²) in [6.07, 6.45) is 5.72. The highest BCUT2D eigenvalue weighted by Crippen LogP contribution is 2.37. The van der Waals surface area contributed by atoms with E-state index in [0.29, 0.717) is 5.65 Å². The van der Waals surface area contributed by atoms with Gasteiger partial charge in [0, 0.05) is 25.5 Å². The van der Waals surface area contributed by atoms with Crippen LogP contribution >= 0.6 is 0 Å². The second-order valence-corrected chi connectivity index (χ2v) is 6.38. The van der Waals surface area contributed by atoms with Crippen LogP contribution in [0.3, 0.4) is 0 Å². The van der Waals surface area contributed by atoms with E-state index in [-0.39, 0.29) is 17.6 Å². The Bertz CT molecular complexity index is 1000. The molecule has 27 heavy (non-hydrogen) atoms. The highest BCUT2D eigenvalue weighted by molar-refractivity contribution is 5.73. The fourth-order valence-electron chi connectivity index (χ4n) is 3.45. The minimum absolute atomic E-state index is 0.00520. The Morgan fingerprint density at radius 1 is 1.41 bits per heavy atom. The summed E-state index contributed by atoms with van der Waals surface area (Å²) in [6, 6.07) is 3.39. The molecule has 1 N–H and O–H groups in total. The van der Waals surface area contributed by atoms with Crippen LogP contribution in [0.15, 0.2) is 30.7 Å². The van der Waals surface area contributed by atoms with Gasteiger partial charge in [0.15, 0.2) is 5.75 Å². The van der Waals surface area contributed by atoms with E-state index in [2.05, 4.69) is 25.3 Å². The lowest BCUT2D eigenvalue weighted by molar-refractivity contribution is 0.203. The minimum atomic E-state index is -0.586. The number of hydrogen-bond acceptors (Lipinski definition) is 6. The number of carbonyl (C=O) groups is 1. The van der Waals surface area contributed by atoms with Gasteiger partial charge in [-0.05, 0) is 37.5 Å². The molecule has 1 fully saturated rings. The molecule has 0 aromatic carbocycles. The zero-order valence-corrected chi connectivity index (χ0v) is 15.0. The molecule has 0 aliphatic carbocycles. The molecule has 3 aromatic heterocycles. The minimum Gasteiger partial charge on any atom is -0.405 e. The number of aromatic nitrogens is 4. The number of nitrogens with one attached hydrogen (secondary N) is 1. The molecule has 1 saturated heterocycles. The molecular formula is C18H19FN6O2. The Kier molecular flexibility index (Phi) is 4.35. The van der Waals surface area contributed by atoms with Gasteiger partial charge in [-0.25, -0.2) is 18.7 Å². The lowest BCUT2D eigenvalue weighted by Gasteiger charge is -2.27. The van der Waals surface area contributed by atoms with Gasteiger partial charge in [0.1, 0.15) is 11.6 Å². The molecule has 1 atom stereocenters. The first-order valence-corrected chi connectivity index (χ1v) is 8.69. The molecule has 0 spiro atoms. The van der Waals surface area contributed by atoms with Crippen LogP contribution in [0.25, 0.3) is 5.65 Å². The third-order valence-electron chi connectivity index (χ3n) is 4.73. The lowest BCUT2D eigenvalue weighted by Crippen LogP contribution is -2.25. The first kappa shape index (κ1) is 17.2. The highest BCUT2D eigenvalue weighted by Gasteiger charge is 2.29. The molecule has 9 heteroatoms. The van der Waals surface area contributed by atoms with Crippen molar-refractivity contribution in [1.29, 1.82) is 0 Å². The van der Waals surface area contributed by atoms with Crippen molar-refractivity contribution in [2.24, 2.45) is 0 Å². The number of pyridine rings is 1. The molecule has 0 unspecified atom stereocenters. The molecule has 3 aromatic rings. The van der Waals surface area contributed by atoms with Gasteiger partial charge in [-0.3, -0.25) is 4.98 Å². The molecule has 1 amide bonds. The van der Waals surface area contributed by atoms with Gasteiger partial charge in [0.05, 0.1) is 18.4 Å². The SMILES string of the molecule is CNC(=O)Oc1cnn2ccc(N3CCC[C@@H]3c3cc(F)cnc3C)nc12. The van der Waals surface area contributed by atoms with Crippen LogP contribution in [0.1, 0.15) is 30.1 Å². The number of ether oxygens (including phenoxy) is 1. The van der Waals surface area contributed by atoms with Crippen LogP contribution in [0, 0.1) is 12.7 Å². The molecule has 4 rings (SSSR count). The second-order valence-electron chi connectivity index (χ2n) is 6.38. The Hall–Kier alpha value is -3.23. The van der Waals surface area contributed by atoms with Gasteiger partial charge >= 0.3 is 6.09 Å². The Morgan fingerprint density at radius 3 is 3.07 bits per heavy atom. The van der Waals surface area contributed by atoms with E-state index in [4.69, 9.17) is 4.74 Å². The van der Waals surface area contributed by atoms with Gasteiger partial charge in [-0.1, -0.05) is 0 Å². The quantitative estimate of drug-likeness (QED) is 0.763. The second kappa shape index (κ2) is 6.82. The Morgan fingerprint density at radius 2 is 2.26 bits per heavy atom. The van der Waals surface area contributed by atoms with E-state index in [1.165, 1.54) is 19.4 Å². The topological polar surface area (TPSA) is 84.6 Å². The summed E-state index contributed by atoms with van der Waals surface area (Å²) in [4.78, 5) is 22.4. The number of amides is 1. The number of fused-ring (bicyclic) bond motifs is 1. The lowest BCUT2D eigenvalue weighted by atomic mass is 10.0. The Balaban J connectivity index is 1.71. The molecule has 140 valence electrons. The summed E-state index contributed by atoms with van der Waals surface area (Å²) in [6.45, 7) is 2.68. The van der Waals surface area contributed by atoms with Crippen molar-refractivity contribution in [2.75, 3.05) is 18.5 Å². The largest absolute Gasteiger partial charge is 0.412 e. The number of rotatable bonds is 3. The van der Waals surface area contributed by atoms with Gasteiger partial charge < -0.3 is 15.0 Å². The van der Waals surface area contributed by atoms with Gasteiger partial charge in [-0.2, -0.15) is 5.10 Å². The predicted octanol–water partition coefficient (Wildman–Crippen LogP) is 2.63. The average Bonchev–Trinajstić information content (AvgIpc) is 3.30. The average molecular weight is 370 g/mol. The van der Waals surface area contributed by atoms with Crippen molar-refractivity contribution in [3.63, 3.8) is 0 Å². The summed E-state index contributed by atoms with van der Waals surface area (Å²) < 4.78 is 20.5. The van der Waals surface area contributed by atoms with E-state index < -0.39 is 6.09 Å². The van der Waals surface area contributed by atoms with Gasteiger partial charge in [-0.15, -0.1) is 0 Å². The third kappa shape index (κ3) is 3.16. The van der Waals surface area contributed by atoms with Crippen molar-refractivity contribution in [1.82, 2.24) is 24.9 Å². The molecule has 0 saturated carbocycles. The van der Waals surface area contributed by atoms with E-state index in [0.717, 1.165) is 36.5 Å². The summed E-state index contributed by atoms with van der Waals surface area (Å²) in [5, 5.41) is 6.55. The van der Waals surface area contributed by atoms with Crippen molar-refractivity contribution in [3.8, 4) is 5.75 Å². The van der Waals surface area contributed by atoms with Crippen LogP contribution in [-0.2, 0) is 0 Å². The van der Waals surface area contributed by atoms with Crippen LogP contribution in [0.4, 0.5) is 15.0 Å². The highest BCUT2D eigenvalue weighted by atomic mass is 19.1. The molecule has 8 nitrogen and oxygen atoms in total. The fourth-order valence-corrected chi connectivity index (χ4v) is 3.45. The maximum Gasteiger partial charge on any atom is 0.412 e. The Labute approximate surface area is 155 Å². The normalized spacial score (nSPS) is 16.7. The smallest absolute Gasteiger partial charge is 0.405 e. The summed E-state index contributed by atoms with van der Waals surface area (Å²) in [7, 11) is 1.48. The van der Waals surface area contributed by atoms with Crippen LogP contribution in [0.2, 0.25) is 0 Å². The number of anilines is 1. The number of hydrogen-bond donors (Lipinski definition) is 1. The van der Waals surface area contributed by atoms with Crippen molar-refractivity contribution < 1.29 is 13.9 Å². The van der Waals surface area contributed by atoms with Gasteiger partial charge in [0.25, 0.3) is 0 Å². The first-order valence-electron chi connectivity index (χ1n) is 8.69. The third-order valence-corrected chi connectivity index (χ3v) is 4.73. The van der Waals surface area contributed by atoms with E-state index in [9.17, 15) is 9.18 Å². The number of nitrogens with zero attached hydrogens (tertiary/aromatic N) is 5. The van der Waals surface area contributed by atoms with Crippen molar-refractivity contribution in [3.05, 3.63) is 47.8 Å². The summed E-state index contributed by atoms with van der Waals surface area (Å²) in [5.74, 6) is 0.648. The zero-order valence-electron chi connectivity index (χ0n) is 15.0. The molecule has 4 heterocycles. The summed E-state index contributed by atoms with van der Waals surface area (Å²) >= 11 is 0.